The smallest absolute Gasteiger partial charge is 0.0510 e. The SMILES string of the molecule is CC(N)c1ccc(N(C)C(C)C(C)C)c(Br)c1. The average molecular weight is 299 g/mol. The van der Waals surface area contributed by atoms with Crippen LogP contribution in [0.15, 0.2) is 22.7 Å². The van der Waals surface area contributed by atoms with Gasteiger partial charge in [0.25, 0.3) is 0 Å². The topological polar surface area (TPSA) is 29.3 Å². The molecule has 1 rings (SSSR count). The standard InChI is InChI=1S/C14H23BrN2/c1-9(2)11(4)17(5)14-7-6-12(10(3)16)8-13(14)15/h6-11H,16H2,1-5H3. The van der Waals surface area contributed by atoms with Crippen molar-refractivity contribution >= 4 is 21.6 Å². The van der Waals surface area contributed by atoms with Gasteiger partial charge in [0.15, 0.2) is 0 Å². The zero-order valence-corrected chi connectivity index (χ0v) is 13.0. The summed E-state index contributed by atoms with van der Waals surface area (Å²) < 4.78 is 1.11. The van der Waals surface area contributed by atoms with Gasteiger partial charge in [-0.2, -0.15) is 0 Å². The fourth-order valence-electron chi connectivity index (χ4n) is 1.76. The van der Waals surface area contributed by atoms with E-state index in [2.05, 4.69) is 66.8 Å². The van der Waals surface area contributed by atoms with E-state index in [4.69, 9.17) is 5.73 Å². The summed E-state index contributed by atoms with van der Waals surface area (Å²) in [7, 11) is 2.14. The molecule has 1 aromatic carbocycles. The minimum Gasteiger partial charge on any atom is -0.371 e. The first kappa shape index (κ1) is 14.5. The van der Waals surface area contributed by atoms with Crippen LogP contribution in [0, 0.1) is 5.92 Å². The van der Waals surface area contributed by atoms with Gasteiger partial charge in [0.1, 0.15) is 0 Å². The highest BCUT2D eigenvalue weighted by molar-refractivity contribution is 9.10. The van der Waals surface area contributed by atoms with Crippen molar-refractivity contribution in [2.75, 3.05) is 11.9 Å². The second-order valence-corrected chi connectivity index (χ2v) is 5.95. The van der Waals surface area contributed by atoms with Crippen LogP contribution in [-0.4, -0.2) is 13.1 Å². The molecule has 0 aliphatic carbocycles. The molecule has 0 spiro atoms. The van der Waals surface area contributed by atoms with Crippen LogP contribution in [0.4, 0.5) is 5.69 Å². The molecule has 0 amide bonds. The minimum absolute atomic E-state index is 0.0770. The van der Waals surface area contributed by atoms with Gasteiger partial charge in [-0.25, -0.2) is 0 Å². The van der Waals surface area contributed by atoms with Gasteiger partial charge < -0.3 is 10.6 Å². The summed E-state index contributed by atoms with van der Waals surface area (Å²) in [5, 5.41) is 0. The van der Waals surface area contributed by atoms with Crippen molar-refractivity contribution in [1.29, 1.82) is 0 Å². The van der Waals surface area contributed by atoms with E-state index >= 15 is 0 Å². The number of nitrogens with two attached hydrogens (primary N) is 1. The highest BCUT2D eigenvalue weighted by atomic mass is 79.9. The van der Waals surface area contributed by atoms with E-state index < -0.39 is 0 Å². The van der Waals surface area contributed by atoms with E-state index in [0.717, 1.165) is 10.0 Å². The molecule has 2 nitrogen and oxygen atoms in total. The molecule has 3 heteroatoms. The van der Waals surface area contributed by atoms with Crippen LogP contribution < -0.4 is 10.6 Å². The van der Waals surface area contributed by atoms with E-state index in [1.165, 1.54) is 5.69 Å². The van der Waals surface area contributed by atoms with Gasteiger partial charge in [0, 0.05) is 23.6 Å². The first-order chi connectivity index (χ1) is 7.84. The van der Waals surface area contributed by atoms with Crippen LogP contribution in [-0.2, 0) is 0 Å². The molecule has 0 fully saturated rings. The van der Waals surface area contributed by atoms with Crippen LogP contribution in [0.5, 0.6) is 0 Å². The summed E-state index contributed by atoms with van der Waals surface area (Å²) in [6.07, 6.45) is 0. The summed E-state index contributed by atoms with van der Waals surface area (Å²) in [5.74, 6) is 0.625. The van der Waals surface area contributed by atoms with Crippen LogP contribution in [0.2, 0.25) is 0 Å². The van der Waals surface area contributed by atoms with E-state index in [-0.39, 0.29) is 6.04 Å². The highest BCUT2D eigenvalue weighted by Gasteiger charge is 2.16. The van der Waals surface area contributed by atoms with Gasteiger partial charge in [0.05, 0.1) is 5.69 Å². The quantitative estimate of drug-likeness (QED) is 0.912. The van der Waals surface area contributed by atoms with Crippen molar-refractivity contribution in [3.05, 3.63) is 28.2 Å². The molecule has 0 saturated heterocycles. The molecule has 0 heterocycles. The maximum absolute atomic E-state index is 5.88. The van der Waals surface area contributed by atoms with Crippen LogP contribution in [0.1, 0.15) is 39.3 Å². The lowest BCUT2D eigenvalue weighted by Crippen LogP contribution is -2.33. The lowest BCUT2D eigenvalue weighted by Gasteiger charge is -2.31. The Balaban J connectivity index is 2.99. The number of benzene rings is 1. The third kappa shape index (κ3) is 3.46. The summed E-state index contributed by atoms with van der Waals surface area (Å²) in [6, 6.07) is 6.94. The molecular formula is C14H23BrN2. The number of rotatable bonds is 4. The summed E-state index contributed by atoms with van der Waals surface area (Å²) in [4.78, 5) is 2.31. The third-order valence-corrected chi connectivity index (χ3v) is 4.09. The fraction of sp³-hybridized carbons (Fsp3) is 0.571. The van der Waals surface area contributed by atoms with E-state index in [0.29, 0.717) is 12.0 Å². The van der Waals surface area contributed by atoms with Gasteiger partial charge in [-0.15, -0.1) is 0 Å². The second-order valence-electron chi connectivity index (χ2n) is 5.10. The molecule has 0 aromatic heterocycles. The fourth-order valence-corrected chi connectivity index (χ4v) is 2.44. The molecule has 0 saturated carbocycles. The molecule has 0 radical (unpaired) electrons. The van der Waals surface area contributed by atoms with Gasteiger partial charge in [-0.1, -0.05) is 19.9 Å². The molecule has 2 unspecified atom stereocenters. The minimum atomic E-state index is 0.0770. The predicted molar refractivity (Wildman–Crippen MR) is 79.4 cm³/mol. The van der Waals surface area contributed by atoms with Gasteiger partial charge >= 0.3 is 0 Å². The largest absolute Gasteiger partial charge is 0.371 e. The first-order valence-electron chi connectivity index (χ1n) is 6.12. The van der Waals surface area contributed by atoms with Gasteiger partial charge in [0.2, 0.25) is 0 Å². The summed E-state index contributed by atoms with van der Waals surface area (Å²) in [6.45, 7) is 8.73. The van der Waals surface area contributed by atoms with E-state index in [1.54, 1.807) is 0 Å². The molecular weight excluding hydrogens is 276 g/mol. The molecule has 0 aliphatic heterocycles. The maximum Gasteiger partial charge on any atom is 0.0510 e. The summed E-state index contributed by atoms with van der Waals surface area (Å²) >= 11 is 3.64. The Labute approximate surface area is 113 Å². The molecule has 0 bridgehead atoms. The molecule has 2 atom stereocenters. The van der Waals surface area contributed by atoms with Crippen molar-refractivity contribution in [3.8, 4) is 0 Å². The zero-order chi connectivity index (χ0) is 13.2. The Morgan fingerprint density at radius 3 is 2.18 bits per heavy atom. The zero-order valence-electron chi connectivity index (χ0n) is 11.4. The number of nitrogens with zero attached hydrogens (tertiary/aromatic N) is 1. The number of hydrogen-bond acceptors (Lipinski definition) is 2. The Kier molecular flexibility index (Phi) is 5.02. The Bertz CT molecular complexity index is 374. The van der Waals surface area contributed by atoms with E-state index in [1.807, 2.05) is 6.92 Å². The molecule has 96 valence electrons. The summed E-state index contributed by atoms with van der Waals surface area (Å²) in [5.41, 5.74) is 8.26. The highest BCUT2D eigenvalue weighted by Crippen LogP contribution is 2.30. The number of halogens is 1. The monoisotopic (exact) mass is 298 g/mol. The van der Waals surface area contributed by atoms with Crippen LogP contribution in [0.25, 0.3) is 0 Å². The lowest BCUT2D eigenvalue weighted by atomic mass is 10.0. The van der Waals surface area contributed by atoms with E-state index in [9.17, 15) is 0 Å². The third-order valence-electron chi connectivity index (χ3n) is 3.45. The van der Waals surface area contributed by atoms with Crippen LogP contribution in [0.3, 0.4) is 0 Å². The lowest BCUT2D eigenvalue weighted by molar-refractivity contribution is 0.505. The molecule has 2 N–H and O–H groups in total. The number of hydrogen-bond donors (Lipinski definition) is 1. The molecule has 0 aliphatic rings. The predicted octanol–water partition coefficient (Wildman–Crippen LogP) is 3.95. The van der Waals surface area contributed by atoms with Crippen molar-refractivity contribution < 1.29 is 0 Å². The Morgan fingerprint density at radius 1 is 1.18 bits per heavy atom. The van der Waals surface area contributed by atoms with Crippen molar-refractivity contribution in [2.45, 2.75) is 39.8 Å². The Hall–Kier alpha value is -0.540. The molecule has 1 aromatic rings. The Morgan fingerprint density at radius 2 is 1.76 bits per heavy atom. The molecule has 17 heavy (non-hydrogen) atoms. The number of anilines is 1. The van der Waals surface area contributed by atoms with Crippen LogP contribution >= 0.6 is 15.9 Å². The normalized spacial score (nSPS) is 14.8. The van der Waals surface area contributed by atoms with Crippen molar-refractivity contribution in [2.24, 2.45) is 11.7 Å². The van der Waals surface area contributed by atoms with Crippen molar-refractivity contribution in [3.63, 3.8) is 0 Å². The maximum atomic E-state index is 5.88. The van der Waals surface area contributed by atoms with Gasteiger partial charge in [-0.05, 0) is 53.4 Å². The van der Waals surface area contributed by atoms with Crippen molar-refractivity contribution in [1.82, 2.24) is 0 Å². The van der Waals surface area contributed by atoms with Gasteiger partial charge in [-0.3, -0.25) is 0 Å². The second kappa shape index (κ2) is 5.87. The first-order valence-corrected chi connectivity index (χ1v) is 6.91. The average Bonchev–Trinajstić information content (AvgIpc) is 2.26.